The number of amides is 1. The smallest absolute Gasteiger partial charge is 0.254 e. The molecule has 0 spiro atoms. The second-order valence-corrected chi connectivity index (χ2v) is 7.19. The first-order chi connectivity index (χ1) is 14.6. The number of benzene rings is 1. The molecule has 0 N–H and O–H groups in total. The van der Waals surface area contributed by atoms with Crippen LogP contribution in [0.25, 0.3) is 5.52 Å². The van der Waals surface area contributed by atoms with Gasteiger partial charge in [-0.1, -0.05) is 6.07 Å². The Bertz CT molecular complexity index is 983. The summed E-state index contributed by atoms with van der Waals surface area (Å²) in [5.41, 5.74) is 2.65. The summed E-state index contributed by atoms with van der Waals surface area (Å²) in [6.45, 7) is 3.67. The van der Waals surface area contributed by atoms with Gasteiger partial charge in [-0.15, -0.1) is 0 Å². The van der Waals surface area contributed by atoms with Crippen LogP contribution in [0.15, 0.2) is 42.6 Å². The zero-order valence-electron chi connectivity index (χ0n) is 17.5. The Hall–Kier alpha value is -3.26. The number of ether oxygens (including phenoxy) is 3. The van der Waals surface area contributed by atoms with Crippen LogP contribution in [0.4, 0.5) is 0 Å². The molecule has 0 atom stereocenters. The number of rotatable bonds is 6. The molecule has 0 bridgehead atoms. The Kier molecular flexibility index (Phi) is 5.76. The fourth-order valence-electron chi connectivity index (χ4n) is 3.79. The summed E-state index contributed by atoms with van der Waals surface area (Å²) < 4.78 is 18.0. The predicted octanol–water partition coefficient (Wildman–Crippen LogP) is 2.32. The zero-order valence-corrected chi connectivity index (χ0v) is 17.5. The molecule has 8 heteroatoms. The lowest BCUT2D eigenvalue weighted by molar-refractivity contribution is 0.0626. The Morgan fingerprint density at radius 2 is 1.67 bits per heavy atom. The van der Waals surface area contributed by atoms with Gasteiger partial charge in [0.15, 0.2) is 11.5 Å². The highest BCUT2D eigenvalue weighted by molar-refractivity contribution is 5.95. The number of fused-ring (bicyclic) bond motifs is 1. The molecule has 4 rings (SSSR count). The van der Waals surface area contributed by atoms with Crippen LogP contribution in [-0.4, -0.2) is 72.8 Å². The summed E-state index contributed by atoms with van der Waals surface area (Å²) >= 11 is 0. The number of hydrogen-bond acceptors (Lipinski definition) is 6. The Morgan fingerprint density at radius 3 is 2.27 bits per heavy atom. The van der Waals surface area contributed by atoms with E-state index >= 15 is 0 Å². The average molecular weight is 410 g/mol. The predicted molar refractivity (Wildman–Crippen MR) is 112 cm³/mol. The fourth-order valence-corrected chi connectivity index (χ4v) is 3.79. The molecule has 1 fully saturated rings. The summed E-state index contributed by atoms with van der Waals surface area (Å²) in [4.78, 5) is 17.2. The number of pyridine rings is 1. The zero-order chi connectivity index (χ0) is 21.1. The number of nitrogens with zero attached hydrogens (tertiary/aromatic N) is 4. The highest BCUT2D eigenvalue weighted by Crippen LogP contribution is 2.38. The fraction of sp³-hybridized carbons (Fsp3) is 0.364. The summed E-state index contributed by atoms with van der Waals surface area (Å²) in [5.74, 6) is 1.40. The van der Waals surface area contributed by atoms with Crippen molar-refractivity contribution in [3.05, 3.63) is 53.9 Å². The number of hydrogen-bond donors (Lipinski definition) is 0. The average Bonchev–Trinajstić information content (AvgIpc) is 3.20. The van der Waals surface area contributed by atoms with E-state index in [2.05, 4.69) is 16.1 Å². The standard InChI is InChI=1S/C22H26N4O4/c1-28-19-12-16(13-20(29-2)21(19)30-3)22(27)25-10-8-24(9-11-25)15-17-14-18-6-4-5-7-26(18)23-17/h4-7,12-14H,8-11,15H2,1-3H3. The molecule has 1 aliphatic heterocycles. The van der Waals surface area contributed by atoms with E-state index in [1.165, 1.54) is 0 Å². The number of carbonyl (C=O) groups is 1. The van der Waals surface area contributed by atoms with Gasteiger partial charge in [-0.05, 0) is 30.3 Å². The summed E-state index contributed by atoms with van der Waals surface area (Å²) in [6, 6.07) is 11.5. The third-order valence-corrected chi connectivity index (χ3v) is 5.38. The van der Waals surface area contributed by atoms with Crippen LogP contribution in [0.5, 0.6) is 17.2 Å². The molecule has 0 aliphatic carbocycles. The van der Waals surface area contributed by atoms with Crippen molar-refractivity contribution in [1.82, 2.24) is 19.4 Å². The van der Waals surface area contributed by atoms with E-state index < -0.39 is 0 Å². The van der Waals surface area contributed by atoms with Gasteiger partial charge in [-0.25, -0.2) is 4.52 Å². The van der Waals surface area contributed by atoms with Crippen LogP contribution in [-0.2, 0) is 6.54 Å². The third kappa shape index (κ3) is 3.91. The molecule has 1 aliphatic rings. The van der Waals surface area contributed by atoms with Gasteiger partial charge >= 0.3 is 0 Å². The van der Waals surface area contributed by atoms with E-state index in [1.807, 2.05) is 33.8 Å². The van der Waals surface area contributed by atoms with E-state index in [4.69, 9.17) is 14.2 Å². The second kappa shape index (κ2) is 8.62. The Balaban J connectivity index is 1.41. The van der Waals surface area contributed by atoms with E-state index in [1.54, 1.807) is 33.5 Å². The maximum Gasteiger partial charge on any atom is 0.254 e. The molecule has 1 amide bonds. The van der Waals surface area contributed by atoms with Crippen molar-refractivity contribution >= 4 is 11.4 Å². The molecule has 158 valence electrons. The quantitative estimate of drug-likeness (QED) is 0.621. The van der Waals surface area contributed by atoms with Crippen molar-refractivity contribution in [2.45, 2.75) is 6.54 Å². The highest BCUT2D eigenvalue weighted by atomic mass is 16.5. The van der Waals surface area contributed by atoms with Crippen LogP contribution in [0.1, 0.15) is 16.1 Å². The molecular formula is C22H26N4O4. The third-order valence-electron chi connectivity index (χ3n) is 5.38. The van der Waals surface area contributed by atoms with Crippen LogP contribution in [0, 0.1) is 0 Å². The molecule has 2 aromatic heterocycles. The molecule has 1 saturated heterocycles. The van der Waals surface area contributed by atoms with Gasteiger partial charge in [0.05, 0.1) is 32.5 Å². The molecule has 0 radical (unpaired) electrons. The molecule has 8 nitrogen and oxygen atoms in total. The normalized spacial score (nSPS) is 14.7. The van der Waals surface area contributed by atoms with E-state index in [-0.39, 0.29) is 5.91 Å². The van der Waals surface area contributed by atoms with Crippen molar-refractivity contribution in [3.8, 4) is 17.2 Å². The SMILES string of the molecule is COc1cc(C(=O)N2CCN(Cc3cc4ccccn4n3)CC2)cc(OC)c1OC. The lowest BCUT2D eigenvalue weighted by Crippen LogP contribution is -2.48. The maximum atomic E-state index is 13.1. The van der Waals surface area contributed by atoms with E-state index in [9.17, 15) is 4.79 Å². The van der Waals surface area contributed by atoms with Crippen molar-refractivity contribution in [2.24, 2.45) is 0 Å². The minimum atomic E-state index is -0.0402. The van der Waals surface area contributed by atoms with Gasteiger partial charge in [0.1, 0.15) is 0 Å². The largest absolute Gasteiger partial charge is 0.493 e. The van der Waals surface area contributed by atoms with Crippen molar-refractivity contribution in [3.63, 3.8) is 0 Å². The first-order valence-electron chi connectivity index (χ1n) is 9.88. The molecular weight excluding hydrogens is 384 g/mol. The molecule has 1 aromatic carbocycles. The van der Waals surface area contributed by atoms with Crippen molar-refractivity contribution < 1.29 is 19.0 Å². The van der Waals surface area contributed by atoms with Crippen LogP contribution >= 0.6 is 0 Å². The van der Waals surface area contributed by atoms with Gasteiger partial charge in [-0.3, -0.25) is 9.69 Å². The van der Waals surface area contributed by atoms with Gasteiger partial charge < -0.3 is 19.1 Å². The number of piperazine rings is 1. The first kappa shape index (κ1) is 20.0. The molecule has 30 heavy (non-hydrogen) atoms. The van der Waals surface area contributed by atoms with E-state index in [0.717, 1.165) is 30.8 Å². The molecule has 3 aromatic rings. The molecule has 3 heterocycles. The minimum Gasteiger partial charge on any atom is -0.493 e. The molecule has 0 unspecified atom stereocenters. The summed E-state index contributed by atoms with van der Waals surface area (Å²) in [5, 5.41) is 4.62. The number of methoxy groups -OCH3 is 3. The van der Waals surface area contributed by atoms with Gasteiger partial charge in [0.2, 0.25) is 5.75 Å². The lowest BCUT2D eigenvalue weighted by Gasteiger charge is -2.34. The van der Waals surface area contributed by atoms with E-state index in [0.29, 0.717) is 35.9 Å². The van der Waals surface area contributed by atoms with Gasteiger partial charge in [-0.2, -0.15) is 5.10 Å². The Labute approximate surface area is 175 Å². The Morgan fingerprint density at radius 1 is 0.967 bits per heavy atom. The minimum absolute atomic E-state index is 0.0402. The topological polar surface area (TPSA) is 68.5 Å². The van der Waals surface area contributed by atoms with Crippen LogP contribution in [0.2, 0.25) is 0 Å². The lowest BCUT2D eigenvalue weighted by atomic mass is 10.1. The number of carbonyl (C=O) groups excluding carboxylic acids is 1. The number of aromatic nitrogens is 2. The molecule has 0 saturated carbocycles. The first-order valence-corrected chi connectivity index (χ1v) is 9.88. The van der Waals surface area contributed by atoms with Crippen molar-refractivity contribution in [2.75, 3.05) is 47.5 Å². The monoisotopic (exact) mass is 410 g/mol. The van der Waals surface area contributed by atoms with Crippen LogP contribution < -0.4 is 14.2 Å². The van der Waals surface area contributed by atoms with Crippen molar-refractivity contribution in [1.29, 1.82) is 0 Å². The summed E-state index contributed by atoms with van der Waals surface area (Å²) in [6.07, 6.45) is 1.95. The van der Waals surface area contributed by atoms with Crippen LogP contribution in [0.3, 0.4) is 0 Å². The second-order valence-electron chi connectivity index (χ2n) is 7.19. The van der Waals surface area contributed by atoms with Gasteiger partial charge in [0.25, 0.3) is 5.91 Å². The summed E-state index contributed by atoms with van der Waals surface area (Å²) in [7, 11) is 4.64. The maximum absolute atomic E-state index is 13.1. The highest BCUT2D eigenvalue weighted by Gasteiger charge is 2.25. The van der Waals surface area contributed by atoms with Gasteiger partial charge in [0, 0.05) is 44.5 Å².